The van der Waals surface area contributed by atoms with Gasteiger partial charge in [0.25, 0.3) is 0 Å². The standard InChI is InChI=1S/C16H29NO3S/c1-11(2)14(18)9-13(5)15(19)10-17(6)16(20)7-8-21-12(3)4/h11-13H,7-10H2,1-6H3. The molecule has 1 amide bonds. The van der Waals surface area contributed by atoms with Gasteiger partial charge in [-0.1, -0.05) is 34.6 Å². The van der Waals surface area contributed by atoms with Gasteiger partial charge < -0.3 is 4.90 Å². The Hall–Kier alpha value is -0.840. The molecule has 0 N–H and O–H groups in total. The summed E-state index contributed by atoms with van der Waals surface area (Å²) in [6, 6.07) is 0. The molecule has 0 aromatic rings. The van der Waals surface area contributed by atoms with Crippen LogP contribution in [0.25, 0.3) is 0 Å². The van der Waals surface area contributed by atoms with E-state index < -0.39 is 0 Å². The van der Waals surface area contributed by atoms with Crippen LogP contribution in [0.4, 0.5) is 0 Å². The van der Waals surface area contributed by atoms with Crippen LogP contribution < -0.4 is 0 Å². The molecule has 0 aromatic carbocycles. The molecule has 1 atom stereocenters. The van der Waals surface area contributed by atoms with Gasteiger partial charge in [-0.25, -0.2) is 0 Å². The summed E-state index contributed by atoms with van der Waals surface area (Å²) in [4.78, 5) is 37.1. The molecule has 0 spiro atoms. The van der Waals surface area contributed by atoms with Gasteiger partial charge in [-0.3, -0.25) is 14.4 Å². The van der Waals surface area contributed by atoms with Crippen LogP contribution in [-0.4, -0.2) is 47.0 Å². The molecule has 0 aliphatic rings. The maximum atomic E-state index is 12.0. The van der Waals surface area contributed by atoms with Crippen LogP contribution >= 0.6 is 11.8 Å². The molecule has 0 aliphatic carbocycles. The highest BCUT2D eigenvalue weighted by Gasteiger charge is 2.21. The summed E-state index contributed by atoms with van der Waals surface area (Å²) >= 11 is 1.74. The van der Waals surface area contributed by atoms with Crippen molar-refractivity contribution in [3.8, 4) is 0 Å². The van der Waals surface area contributed by atoms with E-state index in [0.29, 0.717) is 11.7 Å². The fourth-order valence-electron chi connectivity index (χ4n) is 1.70. The van der Waals surface area contributed by atoms with Crippen molar-refractivity contribution in [3.05, 3.63) is 0 Å². The summed E-state index contributed by atoms with van der Waals surface area (Å²) in [5.74, 6) is 0.442. The van der Waals surface area contributed by atoms with Gasteiger partial charge in [0.15, 0.2) is 5.78 Å². The maximum Gasteiger partial charge on any atom is 0.223 e. The van der Waals surface area contributed by atoms with E-state index in [0.717, 1.165) is 5.75 Å². The molecular formula is C16H29NO3S. The van der Waals surface area contributed by atoms with E-state index >= 15 is 0 Å². The van der Waals surface area contributed by atoms with Gasteiger partial charge in [0.2, 0.25) is 5.91 Å². The van der Waals surface area contributed by atoms with Gasteiger partial charge in [-0.15, -0.1) is 0 Å². The van der Waals surface area contributed by atoms with E-state index in [4.69, 9.17) is 0 Å². The number of Topliss-reactive ketones (excluding diaryl/α,β-unsaturated/α-hetero) is 2. The molecule has 0 heterocycles. The Morgan fingerprint density at radius 3 is 2.05 bits per heavy atom. The van der Waals surface area contributed by atoms with E-state index in [-0.39, 0.29) is 42.3 Å². The summed E-state index contributed by atoms with van der Waals surface area (Å²) in [5.41, 5.74) is 0. The monoisotopic (exact) mass is 315 g/mol. The molecule has 0 radical (unpaired) electrons. The number of carbonyl (C=O) groups excluding carboxylic acids is 3. The number of ketones is 2. The number of likely N-dealkylation sites (N-methyl/N-ethyl adjacent to an activating group) is 1. The minimum absolute atomic E-state index is 0.0149. The molecule has 21 heavy (non-hydrogen) atoms. The first kappa shape index (κ1) is 20.2. The third-order valence-corrected chi connectivity index (χ3v) is 4.39. The predicted molar refractivity (Wildman–Crippen MR) is 88.5 cm³/mol. The first-order valence-electron chi connectivity index (χ1n) is 7.56. The van der Waals surface area contributed by atoms with Crippen LogP contribution in [0.5, 0.6) is 0 Å². The second-order valence-electron chi connectivity index (χ2n) is 6.11. The Morgan fingerprint density at radius 1 is 1.00 bits per heavy atom. The van der Waals surface area contributed by atoms with Crippen molar-refractivity contribution < 1.29 is 14.4 Å². The van der Waals surface area contributed by atoms with Crippen molar-refractivity contribution >= 4 is 29.2 Å². The molecule has 5 heteroatoms. The molecule has 0 aromatic heterocycles. The van der Waals surface area contributed by atoms with Gasteiger partial charge in [0, 0.05) is 37.5 Å². The van der Waals surface area contributed by atoms with Crippen molar-refractivity contribution in [1.82, 2.24) is 4.90 Å². The smallest absolute Gasteiger partial charge is 0.223 e. The van der Waals surface area contributed by atoms with Crippen molar-refractivity contribution in [2.24, 2.45) is 11.8 Å². The topological polar surface area (TPSA) is 54.5 Å². The van der Waals surface area contributed by atoms with E-state index in [2.05, 4.69) is 13.8 Å². The average molecular weight is 315 g/mol. The molecule has 0 aliphatic heterocycles. The zero-order valence-electron chi connectivity index (χ0n) is 14.1. The SMILES string of the molecule is CC(C)SCCC(=O)N(C)CC(=O)C(C)CC(=O)C(C)C. The molecule has 0 saturated heterocycles. The lowest BCUT2D eigenvalue weighted by Crippen LogP contribution is -2.35. The van der Waals surface area contributed by atoms with Crippen LogP contribution in [0, 0.1) is 11.8 Å². The van der Waals surface area contributed by atoms with Crippen LogP contribution in [0.3, 0.4) is 0 Å². The summed E-state index contributed by atoms with van der Waals surface area (Å²) < 4.78 is 0. The number of amides is 1. The normalized spacial score (nSPS) is 12.6. The second-order valence-corrected chi connectivity index (χ2v) is 7.80. The molecule has 0 rings (SSSR count). The van der Waals surface area contributed by atoms with E-state index in [1.807, 2.05) is 13.8 Å². The molecule has 122 valence electrons. The van der Waals surface area contributed by atoms with Crippen LogP contribution in [0.15, 0.2) is 0 Å². The highest BCUT2D eigenvalue weighted by atomic mass is 32.2. The van der Waals surface area contributed by atoms with Crippen LogP contribution in [0.1, 0.15) is 47.5 Å². The summed E-state index contributed by atoms with van der Waals surface area (Å²) in [6.07, 6.45) is 0.716. The molecule has 0 saturated carbocycles. The quantitative estimate of drug-likeness (QED) is 0.622. The first-order valence-corrected chi connectivity index (χ1v) is 8.61. The zero-order valence-corrected chi connectivity index (χ0v) is 15.0. The Morgan fingerprint density at radius 2 is 1.57 bits per heavy atom. The van der Waals surface area contributed by atoms with Gasteiger partial charge in [0.1, 0.15) is 5.78 Å². The van der Waals surface area contributed by atoms with E-state index in [1.54, 1.807) is 25.7 Å². The zero-order chi connectivity index (χ0) is 16.6. The Bertz CT molecular complexity index is 367. The van der Waals surface area contributed by atoms with Crippen molar-refractivity contribution in [2.75, 3.05) is 19.3 Å². The molecular weight excluding hydrogens is 286 g/mol. The number of hydrogen-bond acceptors (Lipinski definition) is 4. The van der Waals surface area contributed by atoms with E-state index in [1.165, 1.54) is 4.90 Å². The van der Waals surface area contributed by atoms with Gasteiger partial charge in [-0.05, 0) is 5.25 Å². The van der Waals surface area contributed by atoms with Crippen molar-refractivity contribution in [3.63, 3.8) is 0 Å². The number of carbonyl (C=O) groups is 3. The summed E-state index contributed by atoms with van der Waals surface area (Å²) in [5, 5.41) is 0.506. The fraction of sp³-hybridized carbons (Fsp3) is 0.812. The fourth-order valence-corrected chi connectivity index (χ4v) is 2.47. The summed E-state index contributed by atoms with van der Waals surface area (Å²) in [7, 11) is 1.65. The number of rotatable bonds is 10. The number of thioether (sulfide) groups is 1. The average Bonchev–Trinajstić information content (AvgIpc) is 2.37. The highest BCUT2D eigenvalue weighted by Crippen LogP contribution is 2.12. The Balaban J connectivity index is 4.18. The second kappa shape index (κ2) is 9.98. The lowest BCUT2D eigenvalue weighted by molar-refractivity contribution is -0.135. The third-order valence-electron chi connectivity index (χ3n) is 3.29. The largest absolute Gasteiger partial charge is 0.338 e. The Labute approximate surface area is 133 Å². The third kappa shape index (κ3) is 8.91. The number of nitrogens with zero attached hydrogens (tertiary/aromatic N) is 1. The lowest BCUT2D eigenvalue weighted by atomic mass is 9.94. The van der Waals surface area contributed by atoms with Crippen molar-refractivity contribution in [2.45, 2.75) is 52.7 Å². The molecule has 1 unspecified atom stereocenters. The van der Waals surface area contributed by atoms with Crippen LogP contribution in [-0.2, 0) is 14.4 Å². The minimum atomic E-state index is -0.319. The minimum Gasteiger partial charge on any atom is -0.338 e. The van der Waals surface area contributed by atoms with Crippen LogP contribution in [0.2, 0.25) is 0 Å². The van der Waals surface area contributed by atoms with E-state index in [9.17, 15) is 14.4 Å². The lowest BCUT2D eigenvalue weighted by Gasteiger charge is -2.19. The molecule has 0 fully saturated rings. The molecule has 0 bridgehead atoms. The van der Waals surface area contributed by atoms with Gasteiger partial charge >= 0.3 is 0 Å². The highest BCUT2D eigenvalue weighted by molar-refractivity contribution is 7.99. The first-order chi connectivity index (χ1) is 9.65. The molecule has 4 nitrogen and oxygen atoms in total. The predicted octanol–water partition coefficient (Wildman–Crippen LogP) is 2.80. The van der Waals surface area contributed by atoms with Crippen molar-refractivity contribution in [1.29, 1.82) is 0 Å². The summed E-state index contributed by atoms with van der Waals surface area (Å²) in [6.45, 7) is 9.71. The van der Waals surface area contributed by atoms with Gasteiger partial charge in [-0.2, -0.15) is 11.8 Å². The maximum absolute atomic E-state index is 12.0. The van der Waals surface area contributed by atoms with Gasteiger partial charge in [0.05, 0.1) is 6.54 Å². The number of hydrogen-bond donors (Lipinski definition) is 0. The Kier molecular flexibility index (Phi) is 9.58.